The molecule has 1 aromatic carbocycles. The summed E-state index contributed by atoms with van der Waals surface area (Å²) < 4.78 is 13.5. The molecule has 2 rings (SSSR count). The molecule has 1 aromatic rings. The van der Waals surface area contributed by atoms with Gasteiger partial charge in [0.15, 0.2) is 11.5 Å². The first-order valence-electron chi connectivity index (χ1n) is 4.55. The third-order valence-corrected chi connectivity index (χ3v) is 2.06. The van der Waals surface area contributed by atoms with Crippen LogP contribution in [-0.4, -0.2) is 24.4 Å². The molecule has 0 aromatic heterocycles. The summed E-state index contributed by atoms with van der Waals surface area (Å²) in [7, 11) is 1.63. The fraction of sp³-hybridized carbons (Fsp3) is 0.182. The quantitative estimate of drug-likeness (QED) is 0.649. The van der Waals surface area contributed by atoms with Crippen molar-refractivity contribution in [3.05, 3.63) is 35.9 Å². The molecule has 0 N–H and O–H groups in total. The van der Waals surface area contributed by atoms with E-state index in [0.29, 0.717) is 11.3 Å². The van der Waals surface area contributed by atoms with Crippen LogP contribution in [0.25, 0.3) is 5.83 Å². The van der Waals surface area contributed by atoms with Gasteiger partial charge >= 0.3 is 0 Å². The van der Waals surface area contributed by atoms with Gasteiger partial charge in [-0.25, -0.2) is 4.39 Å². The highest BCUT2D eigenvalue weighted by molar-refractivity contribution is 5.97. The molecule has 0 spiro atoms. The molecule has 0 atom stereocenters. The Kier molecular flexibility index (Phi) is 2.51. The highest BCUT2D eigenvalue weighted by Gasteiger charge is 2.17. The van der Waals surface area contributed by atoms with Crippen molar-refractivity contribution in [2.24, 2.45) is 0 Å². The number of nitrogens with zero attached hydrogens (tertiary/aromatic N) is 1. The first kappa shape index (κ1) is 9.86. The molecule has 78 valence electrons. The standard InChI is InChI=1S/C11H10FNO2/c1-13-7-8(14)6-10(12)9-4-2-3-5-11(9)15-13/h2-6H,7H2,1H3. The summed E-state index contributed by atoms with van der Waals surface area (Å²) in [6, 6.07) is 6.69. The third-order valence-electron chi connectivity index (χ3n) is 2.06. The number of halogens is 1. The zero-order chi connectivity index (χ0) is 10.8. The molecule has 0 fully saturated rings. The number of fused-ring (bicyclic) bond motifs is 1. The molecule has 3 nitrogen and oxygen atoms in total. The van der Waals surface area contributed by atoms with E-state index in [-0.39, 0.29) is 12.3 Å². The Morgan fingerprint density at radius 1 is 1.40 bits per heavy atom. The normalized spacial score (nSPS) is 17.2. The van der Waals surface area contributed by atoms with Crippen molar-refractivity contribution in [1.82, 2.24) is 5.06 Å². The molecule has 1 aliphatic rings. The molecule has 15 heavy (non-hydrogen) atoms. The number of hydroxylamine groups is 2. The fourth-order valence-corrected chi connectivity index (χ4v) is 1.43. The van der Waals surface area contributed by atoms with Gasteiger partial charge < -0.3 is 4.84 Å². The molecule has 0 unspecified atom stereocenters. The van der Waals surface area contributed by atoms with Crippen molar-refractivity contribution in [1.29, 1.82) is 0 Å². The van der Waals surface area contributed by atoms with Crippen LogP contribution >= 0.6 is 0 Å². The summed E-state index contributed by atoms with van der Waals surface area (Å²) in [5.74, 6) is -0.450. The minimum atomic E-state index is -0.552. The Balaban J connectivity index is 2.50. The van der Waals surface area contributed by atoms with Gasteiger partial charge in [-0.15, -0.1) is 5.06 Å². The van der Waals surface area contributed by atoms with Crippen LogP contribution in [0.1, 0.15) is 5.56 Å². The minimum Gasteiger partial charge on any atom is -0.405 e. The second kappa shape index (κ2) is 3.82. The molecular formula is C11H10FNO2. The monoisotopic (exact) mass is 207 g/mol. The summed E-state index contributed by atoms with van der Waals surface area (Å²) in [4.78, 5) is 16.5. The van der Waals surface area contributed by atoms with Gasteiger partial charge in [0, 0.05) is 13.1 Å². The molecular weight excluding hydrogens is 197 g/mol. The van der Waals surface area contributed by atoms with Gasteiger partial charge in [-0.2, -0.15) is 0 Å². The Morgan fingerprint density at radius 2 is 2.13 bits per heavy atom. The zero-order valence-electron chi connectivity index (χ0n) is 8.24. The number of carbonyl (C=O) groups is 1. The number of likely N-dealkylation sites (N-methyl/N-ethyl adjacent to an activating group) is 1. The summed E-state index contributed by atoms with van der Waals surface area (Å²) >= 11 is 0. The van der Waals surface area contributed by atoms with Gasteiger partial charge in [-0.05, 0) is 12.1 Å². The summed E-state index contributed by atoms with van der Waals surface area (Å²) in [6.07, 6.45) is 0.998. The van der Waals surface area contributed by atoms with Crippen molar-refractivity contribution in [3.8, 4) is 5.75 Å². The van der Waals surface area contributed by atoms with Crippen molar-refractivity contribution in [3.63, 3.8) is 0 Å². The first-order valence-corrected chi connectivity index (χ1v) is 4.55. The Bertz CT molecular complexity index is 428. The van der Waals surface area contributed by atoms with E-state index < -0.39 is 5.83 Å². The lowest BCUT2D eigenvalue weighted by atomic mass is 10.1. The van der Waals surface area contributed by atoms with Gasteiger partial charge in [-0.3, -0.25) is 4.79 Å². The van der Waals surface area contributed by atoms with E-state index in [9.17, 15) is 9.18 Å². The van der Waals surface area contributed by atoms with Crippen molar-refractivity contribution < 1.29 is 14.0 Å². The van der Waals surface area contributed by atoms with Gasteiger partial charge in [0.05, 0.1) is 12.1 Å². The van der Waals surface area contributed by atoms with E-state index >= 15 is 0 Å². The zero-order valence-corrected chi connectivity index (χ0v) is 8.24. The summed E-state index contributed by atoms with van der Waals surface area (Å²) in [6.45, 7) is 0.0434. The minimum absolute atomic E-state index is 0.0434. The Morgan fingerprint density at radius 3 is 2.93 bits per heavy atom. The second-order valence-electron chi connectivity index (χ2n) is 3.33. The van der Waals surface area contributed by atoms with E-state index in [1.54, 1.807) is 31.3 Å². The van der Waals surface area contributed by atoms with Crippen LogP contribution in [0, 0.1) is 0 Å². The van der Waals surface area contributed by atoms with Crippen LogP contribution in [0.3, 0.4) is 0 Å². The van der Waals surface area contributed by atoms with Crippen LogP contribution in [0.15, 0.2) is 30.3 Å². The van der Waals surface area contributed by atoms with Crippen LogP contribution < -0.4 is 4.84 Å². The molecule has 0 radical (unpaired) electrons. The largest absolute Gasteiger partial charge is 0.405 e. The maximum absolute atomic E-state index is 13.5. The maximum Gasteiger partial charge on any atom is 0.176 e. The highest BCUT2D eigenvalue weighted by Crippen LogP contribution is 2.28. The van der Waals surface area contributed by atoms with E-state index in [1.807, 2.05) is 0 Å². The van der Waals surface area contributed by atoms with E-state index in [0.717, 1.165) is 6.08 Å². The van der Waals surface area contributed by atoms with Gasteiger partial charge in [0.2, 0.25) is 0 Å². The summed E-state index contributed by atoms with van der Waals surface area (Å²) in [5.41, 5.74) is 0.303. The smallest absolute Gasteiger partial charge is 0.176 e. The molecule has 4 heteroatoms. The van der Waals surface area contributed by atoms with E-state index in [1.165, 1.54) is 5.06 Å². The predicted octanol–water partition coefficient (Wildman–Crippen LogP) is 1.81. The molecule has 0 saturated carbocycles. The number of benzene rings is 1. The van der Waals surface area contributed by atoms with Gasteiger partial charge in [0.25, 0.3) is 0 Å². The third kappa shape index (κ3) is 2.05. The molecule has 1 heterocycles. The Labute approximate surface area is 86.7 Å². The topological polar surface area (TPSA) is 29.5 Å². The predicted molar refractivity (Wildman–Crippen MR) is 53.8 cm³/mol. The fourth-order valence-electron chi connectivity index (χ4n) is 1.43. The number of hydrogen-bond donors (Lipinski definition) is 0. The lowest BCUT2D eigenvalue weighted by molar-refractivity contribution is -0.122. The molecule has 1 aliphatic heterocycles. The van der Waals surface area contributed by atoms with Crippen LogP contribution in [0.4, 0.5) is 4.39 Å². The molecule has 0 bridgehead atoms. The molecule has 0 aliphatic carbocycles. The summed E-state index contributed by atoms with van der Waals surface area (Å²) in [5, 5.41) is 1.38. The van der Waals surface area contributed by atoms with E-state index in [4.69, 9.17) is 4.84 Å². The molecule has 0 amide bonds. The average Bonchev–Trinajstić information content (AvgIpc) is 2.16. The number of carbonyl (C=O) groups excluding carboxylic acids is 1. The number of ketones is 1. The van der Waals surface area contributed by atoms with E-state index in [2.05, 4.69) is 0 Å². The van der Waals surface area contributed by atoms with Crippen LogP contribution in [-0.2, 0) is 4.79 Å². The first-order chi connectivity index (χ1) is 7.16. The van der Waals surface area contributed by atoms with Crippen LogP contribution in [0.5, 0.6) is 5.75 Å². The Hall–Kier alpha value is -1.68. The molecule has 0 saturated heterocycles. The van der Waals surface area contributed by atoms with Crippen LogP contribution in [0.2, 0.25) is 0 Å². The number of hydrogen-bond acceptors (Lipinski definition) is 3. The van der Waals surface area contributed by atoms with Gasteiger partial charge in [-0.1, -0.05) is 12.1 Å². The maximum atomic E-state index is 13.5. The second-order valence-corrected chi connectivity index (χ2v) is 3.33. The van der Waals surface area contributed by atoms with Crippen molar-refractivity contribution >= 4 is 11.6 Å². The van der Waals surface area contributed by atoms with Gasteiger partial charge in [0.1, 0.15) is 5.83 Å². The SMILES string of the molecule is CN1CC(=O)C=C(F)c2ccccc2O1. The average molecular weight is 207 g/mol. The highest BCUT2D eigenvalue weighted by atomic mass is 19.1. The number of rotatable bonds is 0. The van der Waals surface area contributed by atoms with Crippen molar-refractivity contribution in [2.75, 3.05) is 13.6 Å². The van der Waals surface area contributed by atoms with Crippen molar-refractivity contribution in [2.45, 2.75) is 0 Å². The number of para-hydroxylation sites is 1. The lowest BCUT2D eigenvalue weighted by Gasteiger charge is -2.20. The lowest BCUT2D eigenvalue weighted by Crippen LogP contribution is -2.29.